The molecule has 0 fully saturated rings. The van der Waals surface area contributed by atoms with Crippen molar-refractivity contribution in [3.63, 3.8) is 0 Å². The van der Waals surface area contributed by atoms with Crippen molar-refractivity contribution in [2.45, 2.75) is 19.4 Å². The average molecular weight is 291 g/mol. The number of aliphatic hydroxyl groups excluding tert-OH is 1. The molecule has 0 heterocycles. The monoisotopic (exact) mass is 290 g/mol. The lowest BCUT2D eigenvalue weighted by Crippen LogP contribution is -2.02. The molecular formula is C15H15BrO. The van der Waals surface area contributed by atoms with E-state index < -0.39 is 6.10 Å². The van der Waals surface area contributed by atoms with Gasteiger partial charge in [0.05, 0.1) is 6.10 Å². The van der Waals surface area contributed by atoms with E-state index in [1.54, 1.807) is 0 Å². The van der Waals surface area contributed by atoms with Gasteiger partial charge in [-0.05, 0) is 29.7 Å². The predicted octanol–water partition coefficient (Wildman–Crippen LogP) is 4.03. The van der Waals surface area contributed by atoms with Crippen LogP contribution in [0.4, 0.5) is 0 Å². The molecule has 0 amide bonds. The highest BCUT2D eigenvalue weighted by Gasteiger charge is 2.09. The van der Waals surface area contributed by atoms with E-state index in [-0.39, 0.29) is 0 Å². The third-order valence-corrected chi connectivity index (χ3v) is 3.73. The molecule has 0 saturated carbocycles. The number of hydrogen-bond donors (Lipinski definition) is 1. The normalized spacial score (nSPS) is 12.4. The van der Waals surface area contributed by atoms with Crippen LogP contribution in [-0.2, 0) is 6.42 Å². The molecule has 2 heteroatoms. The topological polar surface area (TPSA) is 20.2 Å². The molecule has 2 aromatic carbocycles. The van der Waals surface area contributed by atoms with E-state index in [4.69, 9.17) is 0 Å². The summed E-state index contributed by atoms with van der Waals surface area (Å²) < 4.78 is 1.08. The van der Waals surface area contributed by atoms with E-state index >= 15 is 0 Å². The summed E-state index contributed by atoms with van der Waals surface area (Å²) in [6, 6.07) is 16.0. The Labute approximate surface area is 110 Å². The molecule has 88 valence electrons. The largest absolute Gasteiger partial charge is 0.388 e. The quantitative estimate of drug-likeness (QED) is 0.905. The lowest BCUT2D eigenvalue weighted by Gasteiger charge is -2.12. The molecule has 0 aliphatic heterocycles. The van der Waals surface area contributed by atoms with Crippen LogP contribution in [0, 0.1) is 6.92 Å². The highest BCUT2D eigenvalue weighted by atomic mass is 79.9. The van der Waals surface area contributed by atoms with Gasteiger partial charge in [0.15, 0.2) is 0 Å². The summed E-state index contributed by atoms with van der Waals surface area (Å²) >= 11 is 3.46. The summed E-state index contributed by atoms with van der Waals surface area (Å²) in [5.74, 6) is 0. The van der Waals surface area contributed by atoms with Gasteiger partial charge in [0.2, 0.25) is 0 Å². The van der Waals surface area contributed by atoms with Crippen LogP contribution in [0.25, 0.3) is 0 Å². The van der Waals surface area contributed by atoms with Gasteiger partial charge in [0.25, 0.3) is 0 Å². The van der Waals surface area contributed by atoms with Crippen molar-refractivity contribution in [2.75, 3.05) is 0 Å². The third kappa shape index (κ3) is 3.18. The van der Waals surface area contributed by atoms with E-state index in [0.717, 1.165) is 21.2 Å². The zero-order valence-electron chi connectivity index (χ0n) is 9.73. The minimum absolute atomic E-state index is 0.441. The molecule has 1 nitrogen and oxygen atoms in total. The van der Waals surface area contributed by atoms with Crippen molar-refractivity contribution in [3.05, 3.63) is 69.7 Å². The molecule has 0 aliphatic rings. The first kappa shape index (κ1) is 12.3. The first-order valence-corrected chi connectivity index (χ1v) is 6.44. The Morgan fingerprint density at radius 3 is 2.47 bits per heavy atom. The Morgan fingerprint density at radius 2 is 1.82 bits per heavy atom. The van der Waals surface area contributed by atoms with Crippen LogP contribution in [0.5, 0.6) is 0 Å². The molecule has 0 bridgehead atoms. The second-order valence-corrected chi connectivity index (χ2v) is 5.07. The van der Waals surface area contributed by atoms with Gasteiger partial charge in [-0.15, -0.1) is 0 Å². The Morgan fingerprint density at radius 1 is 1.12 bits per heavy atom. The highest BCUT2D eigenvalue weighted by Crippen LogP contribution is 2.23. The number of benzene rings is 2. The van der Waals surface area contributed by atoms with Crippen LogP contribution in [0.2, 0.25) is 0 Å². The van der Waals surface area contributed by atoms with Crippen LogP contribution >= 0.6 is 15.9 Å². The van der Waals surface area contributed by atoms with Crippen molar-refractivity contribution in [3.8, 4) is 0 Å². The van der Waals surface area contributed by atoms with Gasteiger partial charge in [-0.3, -0.25) is 0 Å². The van der Waals surface area contributed by atoms with E-state index in [9.17, 15) is 5.11 Å². The second kappa shape index (κ2) is 5.48. The molecule has 17 heavy (non-hydrogen) atoms. The average Bonchev–Trinajstić information content (AvgIpc) is 2.34. The maximum Gasteiger partial charge on any atom is 0.0830 e. The fourth-order valence-electron chi connectivity index (χ4n) is 1.83. The molecule has 0 radical (unpaired) electrons. The highest BCUT2D eigenvalue weighted by molar-refractivity contribution is 9.10. The first-order chi connectivity index (χ1) is 8.16. The summed E-state index contributed by atoms with van der Waals surface area (Å²) in [5.41, 5.74) is 3.27. The van der Waals surface area contributed by atoms with Crippen LogP contribution in [0.3, 0.4) is 0 Å². The van der Waals surface area contributed by atoms with Crippen molar-refractivity contribution in [1.82, 2.24) is 0 Å². The summed E-state index contributed by atoms with van der Waals surface area (Å²) in [4.78, 5) is 0. The first-order valence-electron chi connectivity index (χ1n) is 5.65. The zero-order valence-corrected chi connectivity index (χ0v) is 11.3. The van der Waals surface area contributed by atoms with Crippen molar-refractivity contribution < 1.29 is 5.11 Å². The van der Waals surface area contributed by atoms with Gasteiger partial charge in [-0.25, -0.2) is 0 Å². The van der Waals surface area contributed by atoms with Crippen LogP contribution in [-0.4, -0.2) is 5.11 Å². The van der Waals surface area contributed by atoms with E-state index in [1.165, 1.54) is 0 Å². The fourth-order valence-corrected chi connectivity index (χ4v) is 2.08. The van der Waals surface area contributed by atoms with E-state index in [0.29, 0.717) is 6.42 Å². The number of halogens is 1. The SMILES string of the molecule is Cc1cc(C(O)Cc2ccccc2)ccc1Br. The lowest BCUT2D eigenvalue weighted by molar-refractivity contribution is 0.178. The Bertz CT molecular complexity index is 494. The summed E-state index contributed by atoms with van der Waals surface area (Å²) in [6.45, 7) is 2.03. The van der Waals surface area contributed by atoms with Crippen molar-refractivity contribution >= 4 is 15.9 Å². The van der Waals surface area contributed by atoms with Crippen molar-refractivity contribution in [1.29, 1.82) is 0 Å². The fraction of sp³-hybridized carbons (Fsp3) is 0.200. The van der Waals surface area contributed by atoms with Gasteiger partial charge in [0.1, 0.15) is 0 Å². The Kier molecular flexibility index (Phi) is 3.97. The van der Waals surface area contributed by atoms with Crippen LogP contribution in [0.1, 0.15) is 22.8 Å². The standard InChI is InChI=1S/C15H15BrO/c1-11-9-13(7-8-14(11)16)15(17)10-12-5-3-2-4-6-12/h2-9,15,17H,10H2,1H3. The maximum atomic E-state index is 10.2. The maximum absolute atomic E-state index is 10.2. The number of hydrogen-bond acceptors (Lipinski definition) is 1. The second-order valence-electron chi connectivity index (χ2n) is 4.21. The van der Waals surface area contributed by atoms with Gasteiger partial charge in [0, 0.05) is 10.9 Å². The Balaban J connectivity index is 2.14. The van der Waals surface area contributed by atoms with Crippen LogP contribution < -0.4 is 0 Å². The van der Waals surface area contributed by atoms with Gasteiger partial charge < -0.3 is 5.11 Å². The van der Waals surface area contributed by atoms with Crippen molar-refractivity contribution in [2.24, 2.45) is 0 Å². The summed E-state index contributed by atoms with van der Waals surface area (Å²) in [6.07, 6.45) is 0.214. The molecule has 2 rings (SSSR count). The third-order valence-electron chi connectivity index (χ3n) is 2.84. The lowest BCUT2D eigenvalue weighted by atomic mass is 10.0. The number of rotatable bonds is 3. The molecule has 0 aliphatic carbocycles. The van der Waals surface area contributed by atoms with E-state index in [1.807, 2.05) is 55.5 Å². The molecule has 0 aromatic heterocycles. The Hall–Kier alpha value is -1.12. The van der Waals surface area contributed by atoms with Gasteiger partial charge in [-0.1, -0.05) is 58.4 Å². The zero-order chi connectivity index (χ0) is 12.3. The molecule has 0 spiro atoms. The number of aryl methyl sites for hydroxylation is 1. The van der Waals surface area contributed by atoms with E-state index in [2.05, 4.69) is 15.9 Å². The summed E-state index contributed by atoms with van der Waals surface area (Å²) in [7, 11) is 0. The molecule has 1 unspecified atom stereocenters. The van der Waals surface area contributed by atoms with Crippen LogP contribution in [0.15, 0.2) is 53.0 Å². The number of aliphatic hydroxyl groups is 1. The molecule has 1 N–H and O–H groups in total. The smallest absolute Gasteiger partial charge is 0.0830 e. The van der Waals surface area contributed by atoms with Gasteiger partial charge >= 0.3 is 0 Å². The molecule has 1 atom stereocenters. The minimum Gasteiger partial charge on any atom is -0.388 e. The van der Waals surface area contributed by atoms with Gasteiger partial charge in [-0.2, -0.15) is 0 Å². The minimum atomic E-state index is -0.441. The molecule has 0 saturated heterocycles. The summed E-state index contributed by atoms with van der Waals surface area (Å²) in [5, 5.41) is 10.2. The molecule has 2 aromatic rings. The molecular weight excluding hydrogens is 276 g/mol. The predicted molar refractivity (Wildman–Crippen MR) is 74.0 cm³/mol.